The molecule has 0 spiro atoms. The third-order valence-corrected chi connectivity index (χ3v) is 3.75. The van der Waals surface area contributed by atoms with Gasteiger partial charge in [-0.1, -0.05) is 6.07 Å². The smallest absolute Gasteiger partial charge is 0.244 e. The summed E-state index contributed by atoms with van der Waals surface area (Å²) in [5.74, 6) is -1.12. The number of hydrogen-bond acceptors (Lipinski definition) is 3. The molecule has 0 atom stereocenters. The molecule has 0 aliphatic heterocycles. The van der Waals surface area contributed by atoms with Crippen LogP contribution in [0.4, 0.5) is 15.8 Å². The number of carbonyl (C=O) groups excluding carboxylic acids is 2. The van der Waals surface area contributed by atoms with Crippen molar-refractivity contribution in [3.05, 3.63) is 70.8 Å². The van der Waals surface area contributed by atoms with Gasteiger partial charge in [-0.05, 0) is 36.4 Å². The zero-order chi connectivity index (χ0) is 18.7. The second kappa shape index (κ2) is 7.18. The number of para-hydroxylation sites is 1. The minimum atomic E-state index is -0.562. The molecule has 3 rings (SSSR count). The highest BCUT2D eigenvalue weighted by atomic mass is 19.1. The number of benzene rings is 2. The van der Waals surface area contributed by atoms with Crippen LogP contribution in [-0.4, -0.2) is 16.4 Å². The average molecular weight is 353 g/mol. The van der Waals surface area contributed by atoms with Crippen LogP contribution in [0.3, 0.4) is 0 Å². The lowest BCUT2D eigenvalue weighted by atomic mass is 10.2. The topological polar surface area (TPSA) is 80.2 Å². The average Bonchev–Trinajstić information content (AvgIpc) is 2.59. The molecule has 2 N–H and O–H groups in total. The van der Waals surface area contributed by atoms with Gasteiger partial charge in [0, 0.05) is 35.9 Å². The molecule has 0 bridgehead atoms. The third kappa shape index (κ3) is 3.77. The van der Waals surface area contributed by atoms with E-state index in [1.165, 1.54) is 42.0 Å². The van der Waals surface area contributed by atoms with Gasteiger partial charge < -0.3 is 15.2 Å². The Balaban J connectivity index is 1.79. The molecular formula is C19H16FN3O3. The van der Waals surface area contributed by atoms with Crippen molar-refractivity contribution in [2.75, 3.05) is 10.6 Å². The molecule has 0 unspecified atom stereocenters. The van der Waals surface area contributed by atoms with Crippen molar-refractivity contribution >= 4 is 34.1 Å². The summed E-state index contributed by atoms with van der Waals surface area (Å²) in [7, 11) is 0. The number of nitrogens with zero attached hydrogens (tertiary/aromatic N) is 1. The van der Waals surface area contributed by atoms with E-state index in [0.717, 1.165) is 0 Å². The van der Waals surface area contributed by atoms with Gasteiger partial charge in [0.15, 0.2) is 5.43 Å². The molecule has 0 aliphatic rings. The summed E-state index contributed by atoms with van der Waals surface area (Å²) in [6.07, 6.45) is 1.40. The molecular weight excluding hydrogens is 337 g/mol. The van der Waals surface area contributed by atoms with E-state index >= 15 is 0 Å². The summed E-state index contributed by atoms with van der Waals surface area (Å²) in [6.45, 7) is 1.26. The number of fused-ring (bicyclic) bond motifs is 1. The Bertz CT molecular complexity index is 1040. The van der Waals surface area contributed by atoms with E-state index in [1.54, 1.807) is 24.3 Å². The maximum absolute atomic E-state index is 14.1. The number of nitrogens with one attached hydrogen (secondary N) is 2. The number of halogens is 1. The fraction of sp³-hybridized carbons (Fsp3) is 0.105. The van der Waals surface area contributed by atoms with Crippen molar-refractivity contribution in [1.82, 2.24) is 4.57 Å². The molecule has 1 heterocycles. The number of hydrogen-bond donors (Lipinski definition) is 2. The zero-order valence-corrected chi connectivity index (χ0v) is 14.0. The molecule has 0 saturated carbocycles. The van der Waals surface area contributed by atoms with E-state index in [1.807, 2.05) is 0 Å². The van der Waals surface area contributed by atoms with Crippen LogP contribution in [0.15, 0.2) is 59.5 Å². The summed E-state index contributed by atoms with van der Waals surface area (Å²) < 4.78 is 15.5. The predicted octanol–water partition coefficient (Wildman–Crippen LogP) is 2.74. The first-order chi connectivity index (χ1) is 12.4. The molecule has 0 fully saturated rings. The van der Waals surface area contributed by atoms with Gasteiger partial charge in [-0.25, -0.2) is 4.39 Å². The zero-order valence-electron chi connectivity index (χ0n) is 14.0. The van der Waals surface area contributed by atoms with Crippen molar-refractivity contribution < 1.29 is 14.0 Å². The van der Waals surface area contributed by atoms with Crippen molar-refractivity contribution in [3.63, 3.8) is 0 Å². The maximum Gasteiger partial charge on any atom is 0.244 e. The lowest BCUT2D eigenvalue weighted by Gasteiger charge is -2.12. The SMILES string of the molecule is CC(=O)Nc1ccc(NC(=O)Cn2ccc(=O)c3cccc(F)c32)cc1. The van der Waals surface area contributed by atoms with E-state index in [2.05, 4.69) is 10.6 Å². The first-order valence-corrected chi connectivity index (χ1v) is 7.89. The highest BCUT2D eigenvalue weighted by molar-refractivity contribution is 5.93. The summed E-state index contributed by atoms with van der Waals surface area (Å²) in [5, 5.41) is 5.55. The molecule has 3 aromatic rings. The van der Waals surface area contributed by atoms with E-state index in [9.17, 15) is 18.8 Å². The second-order valence-electron chi connectivity index (χ2n) is 5.75. The second-order valence-corrected chi connectivity index (χ2v) is 5.75. The van der Waals surface area contributed by atoms with Gasteiger partial charge in [-0.2, -0.15) is 0 Å². The van der Waals surface area contributed by atoms with Crippen molar-refractivity contribution in [3.8, 4) is 0 Å². The van der Waals surface area contributed by atoms with Gasteiger partial charge in [0.1, 0.15) is 12.4 Å². The number of pyridine rings is 1. The number of carbonyl (C=O) groups is 2. The Morgan fingerprint density at radius 2 is 1.65 bits per heavy atom. The minimum Gasteiger partial charge on any atom is -0.335 e. The van der Waals surface area contributed by atoms with Crippen LogP contribution < -0.4 is 16.1 Å². The quantitative estimate of drug-likeness (QED) is 0.757. The molecule has 0 saturated heterocycles. The predicted molar refractivity (Wildman–Crippen MR) is 97.5 cm³/mol. The highest BCUT2D eigenvalue weighted by Gasteiger charge is 2.11. The Kier molecular flexibility index (Phi) is 4.79. The molecule has 2 amide bonds. The van der Waals surface area contributed by atoms with Crippen LogP contribution in [0.5, 0.6) is 0 Å². The highest BCUT2D eigenvalue weighted by Crippen LogP contribution is 2.16. The summed E-state index contributed by atoms with van der Waals surface area (Å²) >= 11 is 0. The first kappa shape index (κ1) is 17.3. The van der Waals surface area contributed by atoms with Crippen LogP contribution in [0.2, 0.25) is 0 Å². The number of aromatic nitrogens is 1. The van der Waals surface area contributed by atoms with E-state index in [4.69, 9.17) is 0 Å². The first-order valence-electron chi connectivity index (χ1n) is 7.89. The molecule has 6 nitrogen and oxygen atoms in total. The molecule has 1 aromatic heterocycles. The van der Waals surface area contributed by atoms with Crippen molar-refractivity contribution in [2.24, 2.45) is 0 Å². The van der Waals surface area contributed by atoms with Gasteiger partial charge >= 0.3 is 0 Å². The Hall–Kier alpha value is -3.48. The van der Waals surface area contributed by atoms with Crippen LogP contribution in [0.1, 0.15) is 6.92 Å². The molecule has 132 valence electrons. The fourth-order valence-corrected chi connectivity index (χ4v) is 2.66. The normalized spacial score (nSPS) is 10.5. The lowest BCUT2D eigenvalue weighted by Crippen LogP contribution is -2.20. The number of anilines is 2. The van der Waals surface area contributed by atoms with Gasteiger partial charge in [0.05, 0.1) is 5.52 Å². The summed E-state index contributed by atoms with van der Waals surface area (Å²) in [4.78, 5) is 35.1. The largest absolute Gasteiger partial charge is 0.335 e. The minimum absolute atomic E-state index is 0.0937. The van der Waals surface area contributed by atoms with E-state index in [0.29, 0.717) is 11.4 Å². The van der Waals surface area contributed by atoms with Gasteiger partial charge in [-0.15, -0.1) is 0 Å². The summed E-state index contributed by atoms with van der Waals surface area (Å²) in [5.41, 5.74) is 0.944. The number of amides is 2. The Morgan fingerprint density at radius 1 is 1.00 bits per heavy atom. The van der Waals surface area contributed by atoms with Crippen molar-refractivity contribution in [2.45, 2.75) is 13.5 Å². The van der Waals surface area contributed by atoms with E-state index < -0.39 is 5.82 Å². The number of rotatable bonds is 4. The molecule has 0 aliphatic carbocycles. The van der Waals surface area contributed by atoms with Crippen LogP contribution in [0.25, 0.3) is 10.9 Å². The Labute approximate surface area is 148 Å². The maximum atomic E-state index is 14.1. The molecule has 26 heavy (non-hydrogen) atoms. The summed E-state index contributed by atoms with van der Waals surface area (Å²) in [6, 6.07) is 12.1. The standard InChI is InChI=1S/C19H16FN3O3/c1-12(24)21-13-5-7-14(8-6-13)22-18(26)11-23-10-9-17(25)15-3-2-4-16(20)19(15)23/h2-10H,11H2,1H3,(H,21,24)(H,22,26). The Morgan fingerprint density at radius 3 is 2.31 bits per heavy atom. The lowest BCUT2D eigenvalue weighted by molar-refractivity contribution is -0.116. The molecule has 0 radical (unpaired) electrons. The molecule has 7 heteroatoms. The van der Waals surface area contributed by atoms with Crippen molar-refractivity contribution in [1.29, 1.82) is 0 Å². The van der Waals surface area contributed by atoms with Crippen LogP contribution in [0, 0.1) is 5.82 Å². The third-order valence-electron chi connectivity index (χ3n) is 3.75. The fourth-order valence-electron chi connectivity index (χ4n) is 2.66. The van der Waals surface area contributed by atoms with Gasteiger partial charge in [-0.3, -0.25) is 14.4 Å². The van der Waals surface area contributed by atoms with E-state index in [-0.39, 0.29) is 34.7 Å². The van der Waals surface area contributed by atoms with Crippen LogP contribution in [-0.2, 0) is 16.1 Å². The van der Waals surface area contributed by atoms with Gasteiger partial charge in [0.2, 0.25) is 11.8 Å². The monoisotopic (exact) mass is 353 g/mol. The van der Waals surface area contributed by atoms with Crippen LogP contribution >= 0.6 is 0 Å². The molecule has 2 aromatic carbocycles. The van der Waals surface area contributed by atoms with Gasteiger partial charge in [0.25, 0.3) is 0 Å².